The van der Waals surface area contributed by atoms with E-state index in [2.05, 4.69) is 15.1 Å². The summed E-state index contributed by atoms with van der Waals surface area (Å²) in [7, 11) is 0. The van der Waals surface area contributed by atoms with E-state index >= 15 is 0 Å². The van der Waals surface area contributed by atoms with Gasteiger partial charge in [0, 0.05) is 11.6 Å². The second kappa shape index (κ2) is 3.37. The summed E-state index contributed by atoms with van der Waals surface area (Å²) in [5.74, 6) is 0. The number of aromatic nitrogens is 4. The quantitative estimate of drug-likeness (QED) is 0.733. The second-order valence-electron chi connectivity index (χ2n) is 2.84. The number of imidazole rings is 1. The summed E-state index contributed by atoms with van der Waals surface area (Å²) in [5.41, 5.74) is 0.827. The first-order chi connectivity index (χ1) is 7.36. The average molecular weight is 238 g/mol. The van der Waals surface area contributed by atoms with Crippen molar-refractivity contribution in [2.75, 3.05) is 0 Å². The average Bonchev–Trinajstić information content (AvgIpc) is 2.91. The van der Waals surface area contributed by atoms with Crippen molar-refractivity contribution in [3.05, 3.63) is 22.8 Å². The van der Waals surface area contributed by atoms with Crippen LogP contribution in [0.4, 0.5) is 0 Å². The minimum Gasteiger partial charge on any atom is -0.389 e. The van der Waals surface area contributed by atoms with Crippen LogP contribution >= 0.6 is 22.7 Å². The van der Waals surface area contributed by atoms with Gasteiger partial charge in [-0.05, 0) is 0 Å². The van der Waals surface area contributed by atoms with Gasteiger partial charge in [0.25, 0.3) is 0 Å². The molecular weight excluding hydrogens is 232 g/mol. The highest BCUT2D eigenvalue weighted by Gasteiger charge is 2.10. The van der Waals surface area contributed by atoms with E-state index in [1.54, 1.807) is 22.0 Å². The van der Waals surface area contributed by atoms with E-state index in [0.717, 1.165) is 15.7 Å². The van der Waals surface area contributed by atoms with Gasteiger partial charge in [0.05, 0.1) is 12.8 Å². The molecule has 7 heteroatoms. The Labute approximate surface area is 92.7 Å². The molecule has 3 rings (SSSR count). The van der Waals surface area contributed by atoms with Crippen molar-refractivity contribution in [2.24, 2.45) is 0 Å². The third-order valence-corrected chi connectivity index (χ3v) is 3.57. The second-order valence-corrected chi connectivity index (χ2v) is 4.78. The molecule has 3 heterocycles. The van der Waals surface area contributed by atoms with E-state index in [0.29, 0.717) is 5.01 Å². The lowest BCUT2D eigenvalue weighted by atomic mass is 10.5. The molecule has 15 heavy (non-hydrogen) atoms. The number of aliphatic hydroxyl groups is 1. The zero-order valence-corrected chi connectivity index (χ0v) is 9.12. The molecule has 0 radical (unpaired) electrons. The topological polar surface area (TPSA) is 63.3 Å². The van der Waals surface area contributed by atoms with Crippen molar-refractivity contribution in [1.82, 2.24) is 19.6 Å². The molecule has 3 aromatic rings. The van der Waals surface area contributed by atoms with Gasteiger partial charge in [0.2, 0.25) is 4.96 Å². The van der Waals surface area contributed by atoms with Crippen molar-refractivity contribution in [1.29, 1.82) is 0 Å². The van der Waals surface area contributed by atoms with Gasteiger partial charge in [-0.15, -0.1) is 11.3 Å². The largest absolute Gasteiger partial charge is 0.389 e. The first-order valence-electron chi connectivity index (χ1n) is 4.22. The molecule has 3 aromatic heterocycles. The Balaban J connectivity index is 2.12. The summed E-state index contributed by atoms with van der Waals surface area (Å²) >= 11 is 2.93. The summed E-state index contributed by atoms with van der Waals surface area (Å²) in [6.45, 7) is -0.0411. The van der Waals surface area contributed by atoms with Crippen LogP contribution in [0, 0.1) is 0 Å². The maximum atomic E-state index is 8.91. The Bertz CT molecular complexity index is 551. The molecular formula is C8H6N4OS2. The van der Waals surface area contributed by atoms with Crippen molar-refractivity contribution in [3.8, 4) is 10.7 Å². The molecule has 0 fully saturated rings. The SMILES string of the molecule is OCc1nn2cc(-c3nccs3)nc2s1. The lowest BCUT2D eigenvalue weighted by molar-refractivity contribution is 0.280. The lowest BCUT2D eigenvalue weighted by Crippen LogP contribution is -1.84. The molecule has 0 unspecified atom stereocenters. The molecule has 0 bridgehead atoms. The number of thiazole rings is 1. The third kappa shape index (κ3) is 1.44. The summed E-state index contributed by atoms with van der Waals surface area (Å²) in [6.07, 6.45) is 3.57. The predicted molar refractivity (Wildman–Crippen MR) is 57.9 cm³/mol. The zero-order valence-electron chi connectivity index (χ0n) is 7.49. The van der Waals surface area contributed by atoms with Crippen molar-refractivity contribution >= 4 is 27.6 Å². The Kier molecular flexibility index (Phi) is 2.01. The number of aliphatic hydroxyl groups excluding tert-OH is 1. The standard InChI is InChI=1S/C8H6N4OS2/c13-4-6-11-12-3-5(10-8(12)15-6)7-9-1-2-14-7/h1-3,13H,4H2. The smallest absolute Gasteiger partial charge is 0.212 e. The van der Waals surface area contributed by atoms with Crippen molar-refractivity contribution < 1.29 is 5.11 Å². The van der Waals surface area contributed by atoms with Gasteiger partial charge in [-0.25, -0.2) is 14.5 Å². The van der Waals surface area contributed by atoms with E-state index in [4.69, 9.17) is 5.11 Å². The van der Waals surface area contributed by atoms with Gasteiger partial charge < -0.3 is 5.11 Å². The fraction of sp³-hybridized carbons (Fsp3) is 0.125. The van der Waals surface area contributed by atoms with Gasteiger partial charge in [0.1, 0.15) is 15.7 Å². The molecule has 0 spiro atoms. The van der Waals surface area contributed by atoms with Gasteiger partial charge in [-0.2, -0.15) is 5.10 Å². The highest BCUT2D eigenvalue weighted by Crippen LogP contribution is 2.23. The van der Waals surface area contributed by atoms with E-state index in [9.17, 15) is 0 Å². The number of hydrogen-bond acceptors (Lipinski definition) is 6. The molecule has 0 amide bonds. The van der Waals surface area contributed by atoms with Crippen LogP contribution in [0.3, 0.4) is 0 Å². The van der Waals surface area contributed by atoms with E-state index in [-0.39, 0.29) is 6.61 Å². The van der Waals surface area contributed by atoms with Gasteiger partial charge in [-0.3, -0.25) is 0 Å². The minimum absolute atomic E-state index is 0.0411. The molecule has 0 saturated carbocycles. The van der Waals surface area contributed by atoms with Gasteiger partial charge in [0.15, 0.2) is 0 Å². The van der Waals surface area contributed by atoms with Gasteiger partial charge in [-0.1, -0.05) is 11.3 Å². The van der Waals surface area contributed by atoms with E-state index in [1.807, 2.05) is 11.6 Å². The summed E-state index contributed by atoms with van der Waals surface area (Å²) < 4.78 is 1.67. The predicted octanol–water partition coefficient (Wildman–Crippen LogP) is 1.41. The number of fused-ring (bicyclic) bond motifs is 1. The highest BCUT2D eigenvalue weighted by atomic mass is 32.1. The monoisotopic (exact) mass is 238 g/mol. The van der Waals surface area contributed by atoms with Crippen LogP contribution in [0.5, 0.6) is 0 Å². The fourth-order valence-corrected chi connectivity index (χ4v) is 2.58. The lowest BCUT2D eigenvalue weighted by Gasteiger charge is -1.85. The Morgan fingerprint density at radius 1 is 1.47 bits per heavy atom. The molecule has 5 nitrogen and oxygen atoms in total. The maximum Gasteiger partial charge on any atom is 0.212 e. The fourth-order valence-electron chi connectivity index (χ4n) is 1.26. The Morgan fingerprint density at radius 2 is 2.40 bits per heavy atom. The first-order valence-corrected chi connectivity index (χ1v) is 5.92. The van der Waals surface area contributed by atoms with Crippen LogP contribution < -0.4 is 0 Å². The molecule has 0 aliphatic carbocycles. The van der Waals surface area contributed by atoms with Crippen LogP contribution in [0.25, 0.3) is 15.7 Å². The van der Waals surface area contributed by atoms with Crippen LogP contribution in [-0.2, 0) is 6.61 Å². The third-order valence-electron chi connectivity index (χ3n) is 1.87. The van der Waals surface area contributed by atoms with Crippen molar-refractivity contribution in [3.63, 3.8) is 0 Å². The van der Waals surface area contributed by atoms with Crippen molar-refractivity contribution in [2.45, 2.75) is 6.61 Å². The molecule has 0 atom stereocenters. The van der Waals surface area contributed by atoms with Crippen LogP contribution in [-0.4, -0.2) is 24.7 Å². The molecule has 1 N–H and O–H groups in total. The summed E-state index contributed by atoms with van der Waals surface area (Å²) in [6, 6.07) is 0. The molecule has 0 aromatic carbocycles. The molecule has 0 saturated heterocycles. The zero-order chi connectivity index (χ0) is 10.3. The number of hydrogen-bond donors (Lipinski definition) is 1. The molecule has 0 aliphatic heterocycles. The maximum absolute atomic E-state index is 8.91. The number of rotatable bonds is 2. The van der Waals surface area contributed by atoms with Gasteiger partial charge >= 0.3 is 0 Å². The van der Waals surface area contributed by atoms with E-state index < -0.39 is 0 Å². The molecule has 0 aliphatic rings. The van der Waals surface area contributed by atoms with Crippen LogP contribution in [0.1, 0.15) is 5.01 Å². The van der Waals surface area contributed by atoms with Crippen LogP contribution in [0.15, 0.2) is 17.8 Å². The summed E-state index contributed by atoms with van der Waals surface area (Å²) in [4.78, 5) is 9.34. The Morgan fingerprint density at radius 3 is 3.07 bits per heavy atom. The number of nitrogens with zero attached hydrogens (tertiary/aromatic N) is 4. The first kappa shape index (κ1) is 8.96. The van der Waals surface area contributed by atoms with E-state index in [1.165, 1.54) is 11.3 Å². The molecule has 76 valence electrons. The highest BCUT2D eigenvalue weighted by molar-refractivity contribution is 7.16. The normalized spacial score (nSPS) is 11.3. The summed E-state index contributed by atoms with van der Waals surface area (Å²) in [5, 5.41) is 16.5. The Hall–Kier alpha value is -1.31. The minimum atomic E-state index is -0.0411. The van der Waals surface area contributed by atoms with Crippen LogP contribution in [0.2, 0.25) is 0 Å².